The highest BCUT2D eigenvalue weighted by molar-refractivity contribution is 6.39. The number of anilines is 2. The van der Waals surface area contributed by atoms with Gasteiger partial charge in [-0.15, -0.1) is 0 Å². The first-order chi connectivity index (χ1) is 14.3. The van der Waals surface area contributed by atoms with Crippen LogP contribution >= 0.6 is 0 Å². The lowest BCUT2D eigenvalue weighted by Gasteiger charge is -2.11. The summed E-state index contributed by atoms with van der Waals surface area (Å²) in [5.41, 5.74) is 4.38. The first-order valence-corrected chi connectivity index (χ1v) is 9.05. The second kappa shape index (κ2) is 10.6. The summed E-state index contributed by atoms with van der Waals surface area (Å²) in [6, 6.07) is 12.0. The zero-order valence-corrected chi connectivity index (χ0v) is 17.2. The molecule has 2 aromatic carbocycles. The van der Waals surface area contributed by atoms with Crippen LogP contribution in [-0.4, -0.2) is 37.7 Å². The van der Waals surface area contributed by atoms with Crippen LogP contribution in [0.1, 0.15) is 18.9 Å². The van der Waals surface area contributed by atoms with Gasteiger partial charge in [0.15, 0.2) is 0 Å². The predicted molar refractivity (Wildman–Crippen MR) is 114 cm³/mol. The lowest BCUT2D eigenvalue weighted by molar-refractivity contribution is -0.136. The number of nitrogens with zero attached hydrogens (tertiary/aromatic N) is 1. The molecule has 0 radical (unpaired) electrons. The van der Waals surface area contributed by atoms with E-state index in [0.29, 0.717) is 28.6 Å². The van der Waals surface area contributed by atoms with Gasteiger partial charge in [-0.25, -0.2) is 5.43 Å². The maximum absolute atomic E-state index is 12.2. The third-order valence-electron chi connectivity index (χ3n) is 3.93. The molecule has 0 saturated carbocycles. The van der Waals surface area contributed by atoms with Crippen molar-refractivity contribution in [3.63, 3.8) is 0 Å². The molecule has 9 nitrogen and oxygen atoms in total. The van der Waals surface area contributed by atoms with Crippen molar-refractivity contribution >= 4 is 34.8 Å². The van der Waals surface area contributed by atoms with Crippen LogP contribution in [0.5, 0.6) is 11.5 Å². The van der Waals surface area contributed by atoms with Crippen molar-refractivity contribution in [2.24, 2.45) is 5.10 Å². The number of benzene rings is 2. The maximum Gasteiger partial charge on any atom is 0.329 e. The predicted octanol–water partition coefficient (Wildman–Crippen LogP) is 2.47. The largest absolute Gasteiger partial charge is 0.497 e. The van der Waals surface area contributed by atoms with Crippen LogP contribution in [-0.2, 0) is 14.4 Å². The fourth-order valence-corrected chi connectivity index (χ4v) is 2.48. The number of rotatable bonds is 7. The molecule has 3 N–H and O–H groups in total. The minimum absolute atomic E-state index is 0.0883. The summed E-state index contributed by atoms with van der Waals surface area (Å²) in [6.45, 7) is 3.43. The van der Waals surface area contributed by atoms with E-state index < -0.39 is 11.8 Å². The van der Waals surface area contributed by atoms with Gasteiger partial charge in [-0.05, 0) is 43.7 Å². The van der Waals surface area contributed by atoms with Crippen molar-refractivity contribution < 1.29 is 23.9 Å². The van der Waals surface area contributed by atoms with E-state index in [4.69, 9.17) is 9.47 Å². The van der Waals surface area contributed by atoms with E-state index in [1.165, 1.54) is 14.2 Å². The Bertz CT molecular complexity index is 972. The van der Waals surface area contributed by atoms with Gasteiger partial charge in [-0.1, -0.05) is 12.1 Å². The number of aryl methyl sites for hydroxylation is 1. The molecule has 3 amide bonds. The van der Waals surface area contributed by atoms with Crippen molar-refractivity contribution in [1.29, 1.82) is 0 Å². The molecule has 2 rings (SSSR count). The number of carbonyl (C=O) groups is 3. The van der Waals surface area contributed by atoms with Gasteiger partial charge in [0.25, 0.3) is 0 Å². The van der Waals surface area contributed by atoms with Crippen molar-refractivity contribution in [2.45, 2.75) is 20.3 Å². The number of methoxy groups -OCH3 is 2. The van der Waals surface area contributed by atoms with Crippen LogP contribution in [0.2, 0.25) is 0 Å². The van der Waals surface area contributed by atoms with Crippen molar-refractivity contribution in [1.82, 2.24) is 5.43 Å². The normalized spacial score (nSPS) is 10.7. The molecule has 0 aromatic heterocycles. The molecule has 0 aliphatic heterocycles. The number of hydrogen-bond donors (Lipinski definition) is 3. The Hall–Kier alpha value is -3.88. The molecule has 0 unspecified atom stereocenters. The number of nitrogens with one attached hydrogen (secondary N) is 3. The van der Waals surface area contributed by atoms with Crippen molar-refractivity contribution in [3.8, 4) is 11.5 Å². The molecule has 0 spiro atoms. The van der Waals surface area contributed by atoms with Crippen LogP contribution in [0.4, 0.5) is 11.4 Å². The second-order valence-corrected chi connectivity index (χ2v) is 6.40. The topological polar surface area (TPSA) is 118 Å². The summed E-state index contributed by atoms with van der Waals surface area (Å²) in [5.74, 6) is -1.12. The molecular weight excluding hydrogens is 388 g/mol. The number of carbonyl (C=O) groups excluding carboxylic acids is 3. The van der Waals surface area contributed by atoms with Gasteiger partial charge in [0.2, 0.25) is 5.91 Å². The van der Waals surface area contributed by atoms with Gasteiger partial charge in [-0.2, -0.15) is 5.10 Å². The molecular formula is C21H24N4O5. The van der Waals surface area contributed by atoms with Gasteiger partial charge < -0.3 is 20.1 Å². The fourth-order valence-electron chi connectivity index (χ4n) is 2.48. The minimum atomic E-state index is -0.937. The number of amides is 3. The summed E-state index contributed by atoms with van der Waals surface area (Å²) in [6.07, 6.45) is -0.0883. The smallest absolute Gasteiger partial charge is 0.329 e. The van der Waals surface area contributed by atoms with E-state index in [1.54, 1.807) is 43.3 Å². The maximum atomic E-state index is 12.2. The van der Waals surface area contributed by atoms with E-state index >= 15 is 0 Å². The van der Waals surface area contributed by atoms with E-state index in [9.17, 15) is 14.4 Å². The van der Waals surface area contributed by atoms with Gasteiger partial charge >= 0.3 is 11.8 Å². The molecule has 0 fully saturated rings. The number of hydrogen-bond acceptors (Lipinski definition) is 6. The summed E-state index contributed by atoms with van der Waals surface area (Å²) < 4.78 is 10.3. The third kappa shape index (κ3) is 6.62. The van der Waals surface area contributed by atoms with Gasteiger partial charge in [0.1, 0.15) is 11.5 Å². The van der Waals surface area contributed by atoms with Gasteiger partial charge in [-0.3, -0.25) is 14.4 Å². The lowest BCUT2D eigenvalue weighted by Crippen LogP contribution is -2.33. The van der Waals surface area contributed by atoms with Crippen LogP contribution in [0.25, 0.3) is 0 Å². The Labute approximate surface area is 174 Å². The monoisotopic (exact) mass is 412 g/mol. The lowest BCUT2D eigenvalue weighted by atomic mass is 10.2. The Kier molecular flexibility index (Phi) is 7.92. The highest BCUT2D eigenvalue weighted by Crippen LogP contribution is 2.29. The number of hydrazone groups is 1. The van der Waals surface area contributed by atoms with Crippen LogP contribution in [0, 0.1) is 6.92 Å². The number of ether oxygens (including phenoxy) is 2. The first-order valence-electron chi connectivity index (χ1n) is 9.05. The highest BCUT2D eigenvalue weighted by Gasteiger charge is 2.14. The van der Waals surface area contributed by atoms with Crippen LogP contribution in [0.3, 0.4) is 0 Å². The summed E-state index contributed by atoms with van der Waals surface area (Å²) >= 11 is 0. The van der Waals surface area contributed by atoms with Crippen molar-refractivity contribution in [3.05, 3.63) is 48.0 Å². The Morgan fingerprint density at radius 1 is 0.967 bits per heavy atom. The quantitative estimate of drug-likeness (QED) is 0.367. The van der Waals surface area contributed by atoms with E-state index in [-0.39, 0.29) is 12.3 Å². The zero-order valence-electron chi connectivity index (χ0n) is 17.2. The van der Waals surface area contributed by atoms with Crippen molar-refractivity contribution in [2.75, 3.05) is 24.9 Å². The average Bonchev–Trinajstić information content (AvgIpc) is 2.72. The van der Waals surface area contributed by atoms with Gasteiger partial charge in [0, 0.05) is 17.5 Å². The molecule has 0 atom stereocenters. The Balaban J connectivity index is 1.89. The molecule has 158 valence electrons. The van der Waals surface area contributed by atoms with Gasteiger partial charge in [0.05, 0.1) is 26.3 Å². The molecule has 30 heavy (non-hydrogen) atoms. The summed E-state index contributed by atoms with van der Waals surface area (Å²) in [4.78, 5) is 36.1. The summed E-state index contributed by atoms with van der Waals surface area (Å²) in [7, 11) is 3.01. The van der Waals surface area contributed by atoms with E-state index in [2.05, 4.69) is 21.2 Å². The average molecular weight is 412 g/mol. The summed E-state index contributed by atoms with van der Waals surface area (Å²) in [5, 5.41) is 8.98. The Morgan fingerprint density at radius 2 is 1.73 bits per heavy atom. The molecule has 0 aliphatic rings. The standard InChI is InChI=1S/C21H24N4O5/c1-13-6-5-7-15(10-13)22-20(27)21(28)25-24-14(2)11-19(26)23-17-9-8-16(29-3)12-18(17)30-4/h5-10,12H,11H2,1-4H3,(H,22,27)(H,23,26)(H,25,28). The third-order valence-corrected chi connectivity index (χ3v) is 3.93. The van der Waals surface area contributed by atoms with E-state index in [1.807, 2.05) is 13.0 Å². The van der Waals surface area contributed by atoms with Crippen LogP contribution in [0.15, 0.2) is 47.6 Å². The fraction of sp³-hybridized carbons (Fsp3) is 0.238. The molecule has 9 heteroatoms. The zero-order chi connectivity index (χ0) is 22.1. The SMILES string of the molecule is COc1ccc(NC(=O)CC(C)=NNC(=O)C(=O)Nc2cccc(C)c2)c(OC)c1. The molecule has 0 bridgehead atoms. The van der Waals surface area contributed by atoms with Crippen LogP contribution < -0.4 is 25.5 Å². The highest BCUT2D eigenvalue weighted by atomic mass is 16.5. The van der Waals surface area contributed by atoms with E-state index in [0.717, 1.165) is 5.56 Å². The molecule has 0 aliphatic carbocycles. The molecule has 2 aromatic rings. The molecule has 0 saturated heterocycles. The molecule has 0 heterocycles. The second-order valence-electron chi connectivity index (χ2n) is 6.40. The minimum Gasteiger partial charge on any atom is -0.497 e. The first kappa shape index (κ1) is 22.4. The Morgan fingerprint density at radius 3 is 2.40 bits per heavy atom.